The predicted molar refractivity (Wildman–Crippen MR) is 113 cm³/mol. The summed E-state index contributed by atoms with van der Waals surface area (Å²) in [5.74, 6) is 1.36. The SMILES string of the molecule is Cc1ccc(C(C)C)cc1OCCN1CCN(c2ccccc2F)CC1.Cl. The molecule has 1 aliphatic heterocycles. The van der Waals surface area contributed by atoms with Crippen LogP contribution in [0.4, 0.5) is 10.1 Å². The highest BCUT2D eigenvalue weighted by molar-refractivity contribution is 5.85. The molecular weight excluding hydrogens is 363 g/mol. The molecule has 2 aromatic carbocycles. The van der Waals surface area contributed by atoms with Crippen molar-refractivity contribution < 1.29 is 9.13 Å². The Kier molecular flexibility index (Phi) is 7.93. The number of piperazine rings is 1. The highest BCUT2D eigenvalue weighted by Crippen LogP contribution is 2.24. The van der Waals surface area contributed by atoms with Crippen molar-refractivity contribution in [2.24, 2.45) is 0 Å². The summed E-state index contributed by atoms with van der Waals surface area (Å²) in [6.07, 6.45) is 0. The van der Waals surface area contributed by atoms with Crippen LogP contribution in [0.1, 0.15) is 30.9 Å². The number of para-hydroxylation sites is 1. The minimum absolute atomic E-state index is 0. The van der Waals surface area contributed by atoms with Gasteiger partial charge < -0.3 is 9.64 Å². The third kappa shape index (κ3) is 5.60. The quantitative estimate of drug-likeness (QED) is 0.696. The van der Waals surface area contributed by atoms with E-state index in [1.54, 1.807) is 6.07 Å². The summed E-state index contributed by atoms with van der Waals surface area (Å²) in [7, 11) is 0. The lowest BCUT2D eigenvalue weighted by Gasteiger charge is -2.36. The van der Waals surface area contributed by atoms with Crippen molar-refractivity contribution in [3.8, 4) is 5.75 Å². The summed E-state index contributed by atoms with van der Waals surface area (Å²) in [5.41, 5.74) is 3.20. The number of halogens is 2. The smallest absolute Gasteiger partial charge is 0.146 e. The molecule has 1 saturated heterocycles. The zero-order valence-corrected chi connectivity index (χ0v) is 17.3. The largest absolute Gasteiger partial charge is 0.492 e. The molecule has 0 aromatic heterocycles. The number of ether oxygens (including phenoxy) is 1. The fourth-order valence-electron chi connectivity index (χ4n) is 3.34. The fourth-order valence-corrected chi connectivity index (χ4v) is 3.34. The van der Waals surface area contributed by atoms with Crippen LogP contribution in [0.2, 0.25) is 0 Å². The van der Waals surface area contributed by atoms with Crippen molar-refractivity contribution in [3.63, 3.8) is 0 Å². The van der Waals surface area contributed by atoms with E-state index >= 15 is 0 Å². The Bertz CT molecular complexity index is 730. The van der Waals surface area contributed by atoms with Gasteiger partial charge in [-0.1, -0.05) is 38.1 Å². The van der Waals surface area contributed by atoms with Gasteiger partial charge in [-0.15, -0.1) is 12.4 Å². The van der Waals surface area contributed by atoms with Gasteiger partial charge in [0.05, 0.1) is 5.69 Å². The molecule has 0 saturated carbocycles. The molecule has 0 radical (unpaired) electrons. The number of nitrogens with zero attached hydrogens (tertiary/aromatic N) is 2. The minimum atomic E-state index is -0.134. The lowest BCUT2D eigenvalue weighted by molar-refractivity contribution is 0.199. The van der Waals surface area contributed by atoms with Gasteiger partial charge in [-0.25, -0.2) is 4.39 Å². The lowest BCUT2D eigenvalue weighted by atomic mass is 10.0. The zero-order valence-electron chi connectivity index (χ0n) is 16.5. The van der Waals surface area contributed by atoms with E-state index < -0.39 is 0 Å². The molecule has 1 heterocycles. The van der Waals surface area contributed by atoms with E-state index in [9.17, 15) is 4.39 Å². The molecule has 0 atom stereocenters. The maximum Gasteiger partial charge on any atom is 0.146 e. The molecular formula is C22H30ClFN2O. The van der Waals surface area contributed by atoms with Gasteiger partial charge in [0.25, 0.3) is 0 Å². The maximum atomic E-state index is 13.9. The van der Waals surface area contributed by atoms with Crippen molar-refractivity contribution in [1.82, 2.24) is 4.90 Å². The second-order valence-corrected chi connectivity index (χ2v) is 7.31. The zero-order chi connectivity index (χ0) is 18.5. The van der Waals surface area contributed by atoms with Crippen molar-refractivity contribution in [3.05, 3.63) is 59.4 Å². The van der Waals surface area contributed by atoms with E-state index in [2.05, 4.69) is 48.8 Å². The minimum Gasteiger partial charge on any atom is -0.492 e. The number of hydrogen-bond donors (Lipinski definition) is 0. The van der Waals surface area contributed by atoms with Crippen molar-refractivity contribution in [2.45, 2.75) is 26.7 Å². The Morgan fingerprint density at radius 3 is 2.41 bits per heavy atom. The number of benzene rings is 2. The van der Waals surface area contributed by atoms with Gasteiger partial charge in [-0.2, -0.15) is 0 Å². The Balaban J connectivity index is 0.00000261. The van der Waals surface area contributed by atoms with Gasteiger partial charge in [0, 0.05) is 32.7 Å². The van der Waals surface area contributed by atoms with E-state index in [-0.39, 0.29) is 18.2 Å². The lowest BCUT2D eigenvalue weighted by Crippen LogP contribution is -2.47. The first kappa shape index (κ1) is 21.5. The van der Waals surface area contributed by atoms with Crippen LogP contribution < -0.4 is 9.64 Å². The van der Waals surface area contributed by atoms with E-state index in [1.807, 2.05) is 12.1 Å². The molecule has 27 heavy (non-hydrogen) atoms. The Morgan fingerprint density at radius 1 is 1.04 bits per heavy atom. The molecule has 5 heteroatoms. The van der Waals surface area contributed by atoms with Crippen LogP contribution in [-0.4, -0.2) is 44.2 Å². The predicted octanol–water partition coefficient (Wildman–Crippen LogP) is 4.88. The molecule has 0 unspecified atom stereocenters. The summed E-state index contributed by atoms with van der Waals surface area (Å²) in [6, 6.07) is 13.5. The molecule has 0 N–H and O–H groups in total. The molecule has 0 bridgehead atoms. The standard InChI is InChI=1S/C22H29FN2O.ClH/c1-17(2)19-9-8-18(3)22(16-19)26-15-14-24-10-12-25(13-11-24)21-7-5-4-6-20(21)23;/h4-9,16-17H,10-15H2,1-3H3;1H. The van der Waals surface area contributed by atoms with Crippen LogP contribution in [-0.2, 0) is 0 Å². The van der Waals surface area contributed by atoms with Crippen LogP contribution in [0.15, 0.2) is 42.5 Å². The van der Waals surface area contributed by atoms with Crippen LogP contribution >= 0.6 is 12.4 Å². The second-order valence-electron chi connectivity index (χ2n) is 7.31. The van der Waals surface area contributed by atoms with Crippen LogP contribution in [0.25, 0.3) is 0 Å². The first-order valence-corrected chi connectivity index (χ1v) is 9.50. The Hall–Kier alpha value is -1.78. The third-order valence-corrected chi connectivity index (χ3v) is 5.11. The topological polar surface area (TPSA) is 15.7 Å². The molecule has 2 aromatic rings. The first-order valence-electron chi connectivity index (χ1n) is 9.50. The number of aryl methyl sites for hydroxylation is 1. The monoisotopic (exact) mass is 392 g/mol. The highest BCUT2D eigenvalue weighted by Gasteiger charge is 2.19. The van der Waals surface area contributed by atoms with Gasteiger partial charge in [-0.3, -0.25) is 4.90 Å². The molecule has 0 spiro atoms. The van der Waals surface area contributed by atoms with Crippen molar-refractivity contribution >= 4 is 18.1 Å². The van der Waals surface area contributed by atoms with Gasteiger partial charge in [0.2, 0.25) is 0 Å². The van der Waals surface area contributed by atoms with Gasteiger partial charge >= 0.3 is 0 Å². The van der Waals surface area contributed by atoms with Gasteiger partial charge in [0.1, 0.15) is 18.2 Å². The van der Waals surface area contributed by atoms with Crippen molar-refractivity contribution in [2.75, 3.05) is 44.2 Å². The molecule has 1 aliphatic rings. The number of rotatable bonds is 6. The first-order chi connectivity index (χ1) is 12.5. The van der Waals surface area contributed by atoms with Crippen LogP contribution in [0.3, 0.4) is 0 Å². The van der Waals surface area contributed by atoms with Crippen LogP contribution in [0.5, 0.6) is 5.75 Å². The molecule has 3 rings (SSSR count). The van der Waals surface area contributed by atoms with Crippen LogP contribution in [0, 0.1) is 12.7 Å². The summed E-state index contributed by atoms with van der Waals surface area (Å²) >= 11 is 0. The van der Waals surface area contributed by atoms with Gasteiger partial charge in [-0.05, 0) is 42.2 Å². The Labute approximate surface area is 168 Å². The molecule has 0 amide bonds. The fraction of sp³-hybridized carbons (Fsp3) is 0.455. The van der Waals surface area contributed by atoms with E-state index in [4.69, 9.17) is 4.74 Å². The molecule has 148 valence electrons. The number of anilines is 1. The summed E-state index contributed by atoms with van der Waals surface area (Å²) in [6.45, 7) is 11.6. The Morgan fingerprint density at radius 2 is 1.74 bits per heavy atom. The second kappa shape index (κ2) is 9.95. The average Bonchev–Trinajstić information content (AvgIpc) is 2.64. The molecule has 1 fully saturated rings. The molecule has 3 nitrogen and oxygen atoms in total. The van der Waals surface area contributed by atoms with E-state index in [0.29, 0.717) is 18.2 Å². The normalized spacial score (nSPS) is 14.9. The third-order valence-electron chi connectivity index (χ3n) is 5.11. The highest BCUT2D eigenvalue weighted by atomic mass is 35.5. The van der Waals surface area contributed by atoms with E-state index in [1.165, 1.54) is 17.2 Å². The van der Waals surface area contributed by atoms with Gasteiger partial charge in [0.15, 0.2) is 0 Å². The average molecular weight is 393 g/mol. The summed E-state index contributed by atoms with van der Waals surface area (Å²) in [5, 5.41) is 0. The van der Waals surface area contributed by atoms with E-state index in [0.717, 1.165) is 38.5 Å². The number of hydrogen-bond acceptors (Lipinski definition) is 3. The van der Waals surface area contributed by atoms with Crippen molar-refractivity contribution in [1.29, 1.82) is 0 Å². The summed E-state index contributed by atoms with van der Waals surface area (Å²) < 4.78 is 20.0. The maximum absolute atomic E-state index is 13.9. The summed E-state index contributed by atoms with van der Waals surface area (Å²) in [4.78, 5) is 4.52. The molecule has 0 aliphatic carbocycles.